The van der Waals surface area contributed by atoms with Crippen LogP contribution in [0.15, 0.2) is 0 Å². The summed E-state index contributed by atoms with van der Waals surface area (Å²) in [5.41, 5.74) is 5.43. The van der Waals surface area contributed by atoms with Crippen LogP contribution in [0, 0.1) is 0 Å². The van der Waals surface area contributed by atoms with Crippen LogP contribution in [0.5, 0.6) is 0 Å². The molecule has 0 saturated heterocycles. The third-order valence-corrected chi connectivity index (χ3v) is 3.49. The molecule has 0 aromatic heterocycles. The van der Waals surface area contributed by atoms with Gasteiger partial charge in [-0.2, -0.15) is 13.2 Å². The molecule has 17 heavy (non-hydrogen) atoms. The number of aliphatic hydroxyl groups is 1. The van der Waals surface area contributed by atoms with E-state index in [1.165, 1.54) is 18.9 Å². The highest BCUT2D eigenvalue weighted by Crippen LogP contribution is 2.31. The third kappa shape index (κ3) is 3.56. The number of nitrogens with zero attached hydrogens (tertiary/aromatic N) is 1. The van der Waals surface area contributed by atoms with Gasteiger partial charge in [0, 0.05) is 12.1 Å². The number of rotatable bonds is 3. The minimum Gasteiger partial charge on any atom is -0.391 e. The summed E-state index contributed by atoms with van der Waals surface area (Å²) in [6, 6.07) is -3.14. The summed E-state index contributed by atoms with van der Waals surface area (Å²) in [4.78, 5) is 1.20. The number of nitrogens with two attached hydrogens (primary N) is 1. The quantitative estimate of drug-likeness (QED) is 0.802. The molecule has 1 aliphatic carbocycles. The van der Waals surface area contributed by atoms with Crippen molar-refractivity contribution in [1.82, 2.24) is 4.90 Å². The van der Waals surface area contributed by atoms with Crippen LogP contribution in [-0.4, -0.2) is 47.5 Å². The van der Waals surface area contributed by atoms with Crippen LogP contribution in [0.4, 0.5) is 13.2 Å². The zero-order valence-electron chi connectivity index (χ0n) is 10.2. The average Bonchev–Trinajstić information content (AvgIpc) is 2.15. The molecule has 4 atom stereocenters. The minimum absolute atomic E-state index is 0.443. The van der Waals surface area contributed by atoms with Gasteiger partial charge < -0.3 is 10.8 Å². The van der Waals surface area contributed by atoms with Gasteiger partial charge in [0.1, 0.15) is 6.04 Å². The predicted octanol–water partition coefficient (Wildman–Crippen LogP) is 1.50. The molecule has 102 valence electrons. The van der Waals surface area contributed by atoms with Gasteiger partial charge in [-0.15, -0.1) is 0 Å². The first-order valence-electron chi connectivity index (χ1n) is 5.97. The number of halogens is 3. The van der Waals surface area contributed by atoms with Crippen molar-refractivity contribution in [1.29, 1.82) is 0 Å². The third-order valence-electron chi connectivity index (χ3n) is 3.49. The molecule has 0 spiro atoms. The number of aliphatic hydroxyl groups excluding tert-OH is 1. The van der Waals surface area contributed by atoms with Crippen LogP contribution in [-0.2, 0) is 0 Å². The fourth-order valence-corrected chi connectivity index (χ4v) is 2.67. The molecule has 0 bridgehead atoms. The summed E-state index contributed by atoms with van der Waals surface area (Å²) in [7, 11) is 1.40. The maximum atomic E-state index is 12.9. The molecule has 0 aromatic rings. The number of likely N-dealkylation sites (N-methyl/N-ethyl adjacent to an activating group) is 1. The van der Waals surface area contributed by atoms with Gasteiger partial charge in [-0.25, -0.2) is 0 Å². The van der Waals surface area contributed by atoms with E-state index in [-0.39, 0.29) is 0 Å². The summed E-state index contributed by atoms with van der Waals surface area (Å²) in [5.74, 6) is 0. The highest BCUT2D eigenvalue weighted by Gasteiger charge is 2.47. The van der Waals surface area contributed by atoms with Crippen molar-refractivity contribution in [2.45, 2.75) is 63.0 Å². The molecule has 0 heterocycles. The summed E-state index contributed by atoms with van der Waals surface area (Å²) in [6.07, 6.45) is -2.15. The number of hydrogen-bond acceptors (Lipinski definition) is 3. The van der Waals surface area contributed by atoms with Crippen LogP contribution in [0.2, 0.25) is 0 Å². The lowest BCUT2D eigenvalue weighted by atomic mass is 9.90. The van der Waals surface area contributed by atoms with E-state index >= 15 is 0 Å². The van der Waals surface area contributed by atoms with Crippen molar-refractivity contribution in [3.05, 3.63) is 0 Å². The molecule has 1 rings (SSSR count). The Morgan fingerprint density at radius 1 is 1.29 bits per heavy atom. The molecule has 0 radical (unpaired) electrons. The normalized spacial score (nSPS) is 30.4. The van der Waals surface area contributed by atoms with Gasteiger partial charge >= 0.3 is 6.18 Å². The van der Waals surface area contributed by atoms with Crippen LogP contribution < -0.4 is 5.73 Å². The number of alkyl halides is 3. The van der Waals surface area contributed by atoms with E-state index in [9.17, 15) is 18.3 Å². The summed E-state index contributed by atoms with van der Waals surface area (Å²) < 4.78 is 38.7. The van der Waals surface area contributed by atoms with Gasteiger partial charge in [0.15, 0.2) is 0 Å². The zero-order chi connectivity index (χ0) is 13.2. The Morgan fingerprint density at radius 3 is 2.24 bits per heavy atom. The average molecular weight is 254 g/mol. The maximum Gasteiger partial charge on any atom is 0.405 e. The monoisotopic (exact) mass is 254 g/mol. The highest BCUT2D eigenvalue weighted by molar-refractivity contribution is 4.91. The standard InChI is InChI=1S/C11H21F3N2O/c1-7(15)10(11(12,13)14)16(2)8-5-3-4-6-9(8)17/h7-10,17H,3-6,15H2,1-2H3. The second-order valence-corrected chi connectivity index (χ2v) is 4.93. The summed E-state index contributed by atoms with van der Waals surface area (Å²) in [6.45, 7) is 1.35. The van der Waals surface area contributed by atoms with Crippen molar-refractivity contribution in [2.24, 2.45) is 5.73 Å². The fraction of sp³-hybridized carbons (Fsp3) is 1.00. The molecule has 1 aliphatic rings. The SMILES string of the molecule is CC(N)C(N(C)C1CCCCC1O)C(F)(F)F. The predicted molar refractivity (Wildman–Crippen MR) is 59.5 cm³/mol. The Balaban J connectivity index is 2.80. The van der Waals surface area contributed by atoms with Crippen LogP contribution in [0.1, 0.15) is 32.6 Å². The Bertz CT molecular complexity index is 245. The Hall–Kier alpha value is -0.330. The minimum atomic E-state index is -4.36. The first-order valence-corrected chi connectivity index (χ1v) is 5.97. The molecule has 3 nitrogen and oxygen atoms in total. The fourth-order valence-electron chi connectivity index (χ4n) is 2.67. The Labute approximate surface area is 99.8 Å². The van der Waals surface area contributed by atoms with Crippen molar-refractivity contribution >= 4 is 0 Å². The molecule has 0 aliphatic heterocycles. The first-order chi connectivity index (χ1) is 7.75. The van der Waals surface area contributed by atoms with Gasteiger partial charge in [0.25, 0.3) is 0 Å². The smallest absolute Gasteiger partial charge is 0.391 e. The van der Waals surface area contributed by atoms with Crippen molar-refractivity contribution in [3.8, 4) is 0 Å². The molecule has 1 saturated carbocycles. The van der Waals surface area contributed by atoms with E-state index < -0.39 is 30.4 Å². The van der Waals surface area contributed by atoms with E-state index in [2.05, 4.69) is 0 Å². The molecule has 4 unspecified atom stereocenters. The van der Waals surface area contributed by atoms with Gasteiger partial charge in [0.2, 0.25) is 0 Å². The van der Waals surface area contributed by atoms with Crippen LogP contribution in [0.3, 0.4) is 0 Å². The molecule has 0 amide bonds. The number of hydrogen-bond donors (Lipinski definition) is 2. The van der Waals surface area contributed by atoms with Crippen LogP contribution in [0.25, 0.3) is 0 Å². The van der Waals surface area contributed by atoms with E-state index in [0.29, 0.717) is 12.8 Å². The van der Waals surface area contributed by atoms with Crippen molar-refractivity contribution < 1.29 is 18.3 Å². The molecular formula is C11H21F3N2O. The first kappa shape index (κ1) is 14.7. The zero-order valence-corrected chi connectivity index (χ0v) is 10.2. The van der Waals surface area contributed by atoms with Crippen molar-refractivity contribution in [2.75, 3.05) is 7.05 Å². The lowest BCUT2D eigenvalue weighted by Crippen LogP contribution is -2.59. The van der Waals surface area contributed by atoms with Gasteiger partial charge in [-0.1, -0.05) is 12.8 Å². The highest BCUT2D eigenvalue weighted by atomic mass is 19.4. The molecule has 6 heteroatoms. The largest absolute Gasteiger partial charge is 0.405 e. The molecule has 0 aromatic carbocycles. The molecule has 1 fully saturated rings. The Kier molecular flexibility index (Phi) is 4.80. The maximum absolute atomic E-state index is 12.9. The summed E-state index contributed by atoms with van der Waals surface area (Å²) >= 11 is 0. The van der Waals surface area contributed by atoms with Gasteiger partial charge in [0.05, 0.1) is 6.10 Å². The van der Waals surface area contributed by atoms with Crippen molar-refractivity contribution in [3.63, 3.8) is 0 Å². The lowest BCUT2D eigenvalue weighted by Gasteiger charge is -2.41. The summed E-state index contributed by atoms with van der Waals surface area (Å²) in [5, 5.41) is 9.79. The van der Waals surface area contributed by atoms with Gasteiger partial charge in [-0.3, -0.25) is 4.90 Å². The van der Waals surface area contributed by atoms with E-state index in [1.54, 1.807) is 0 Å². The molecular weight excluding hydrogens is 233 g/mol. The topological polar surface area (TPSA) is 49.5 Å². The van der Waals surface area contributed by atoms with E-state index in [4.69, 9.17) is 5.73 Å². The molecule has 3 N–H and O–H groups in total. The van der Waals surface area contributed by atoms with E-state index in [1.807, 2.05) is 0 Å². The second-order valence-electron chi connectivity index (χ2n) is 4.93. The van der Waals surface area contributed by atoms with E-state index in [0.717, 1.165) is 12.8 Å². The second kappa shape index (κ2) is 5.54. The lowest BCUT2D eigenvalue weighted by molar-refractivity contribution is -0.196. The van der Waals surface area contributed by atoms with Gasteiger partial charge in [-0.05, 0) is 26.8 Å². The van der Waals surface area contributed by atoms with Crippen LogP contribution >= 0.6 is 0 Å². The Morgan fingerprint density at radius 2 is 1.82 bits per heavy atom.